The van der Waals surface area contributed by atoms with E-state index in [2.05, 4.69) is 5.32 Å². The molecule has 0 fully saturated rings. The molecule has 0 aliphatic rings. The van der Waals surface area contributed by atoms with E-state index in [0.717, 1.165) is 12.5 Å². The molecule has 0 spiro atoms. The van der Waals surface area contributed by atoms with Crippen molar-refractivity contribution < 1.29 is 8.78 Å². The van der Waals surface area contributed by atoms with Crippen LogP contribution in [0.3, 0.4) is 0 Å². The summed E-state index contributed by atoms with van der Waals surface area (Å²) < 4.78 is 27.2. The monoisotopic (exact) mass is 261 g/mol. The molecule has 0 saturated heterocycles. The summed E-state index contributed by atoms with van der Waals surface area (Å²) in [5, 5.41) is 3.01. The zero-order chi connectivity index (χ0) is 13.0. The van der Waals surface area contributed by atoms with Crippen LogP contribution in [0.1, 0.15) is 38.8 Å². The van der Waals surface area contributed by atoms with Crippen LogP contribution in [0, 0.1) is 17.6 Å². The second kappa shape index (κ2) is 6.31. The van der Waals surface area contributed by atoms with Crippen LogP contribution in [0.15, 0.2) is 12.1 Å². The third-order valence-electron chi connectivity index (χ3n) is 3.01. The Bertz CT molecular complexity index is 382. The Morgan fingerprint density at radius 2 is 1.88 bits per heavy atom. The second-order valence-corrected chi connectivity index (χ2v) is 4.62. The van der Waals surface area contributed by atoms with Gasteiger partial charge in [0.15, 0.2) is 0 Å². The highest BCUT2D eigenvalue weighted by molar-refractivity contribution is 6.30. The van der Waals surface area contributed by atoms with E-state index in [9.17, 15) is 8.78 Å². The maximum atomic E-state index is 13.8. The lowest BCUT2D eigenvalue weighted by Gasteiger charge is -2.25. The van der Waals surface area contributed by atoms with Crippen LogP contribution in [-0.2, 0) is 0 Å². The minimum atomic E-state index is -0.575. The molecule has 1 rings (SSSR count). The number of hydrogen-bond acceptors (Lipinski definition) is 1. The Hall–Kier alpha value is -0.670. The largest absolute Gasteiger partial charge is 0.310 e. The molecule has 0 radical (unpaired) electrons. The van der Waals surface area contributed by atoms with Crippen molar-refractivity contribution in [1.82, 2.24) is 5.32 Å². The average molecular weight is 262 g/mol. The zero-order valence-corrected chi connectivity index (χ0v) is 11.1. The van der Waals surface area contributed by atoms with Crippen LogP contribution in [0.25, 0.3) is 0 Å². The predicted octanol–water partition coefficient (Wildman–Crippen LogP) is 4.31. The molecule has 0 amide bonds. The SMILES string of the molecule is CCNC(c1cc(F)c(Cl)cc1F)C(C)CC. The van der Waals surface area contributed by atoms with Crippen LogP contribution < -0.4 is 5.32 Å². The number of benzene rings is 1. The van der Waals surface area contributed by atoms with Crippen molar-refractivity contribution in [3.8, 4) is 0 Å². The average Bonchev–Trinajstić information content (AvgIpc) is 2.30. The fraction of sp³-hybridized carbons (Fsp3) is 0.538. The maximum absolute atomic E-state index is 13.8. The predicted molar refractivity (Wildman–Crippen MR) is 67.2 cm³/mol. The first kappa shape index (κ1) is 14.4. The Morgan fingerprint density at radius 1 is 1.24 bits per heavy atom. The van der Waals surface area contributed by atoms with Gasteiger partial charge < -0.3 is 5.32 Å². The maximum Gasteiger partial charge on any atom is 0.142 e. The Labute approximate surface area is 106 Å². The smallest absolute Gasteiger partial charge is 0.142 e. The summed E-state index contributed by atoms with van der Waals surface area (Å²) >= 11 is 5.55. The van der Waals surface area contributed by atoms with Gasteiger partial charge in [-0.2, -0.15) is 0 Å². The lowest BCUT2D eigenvalue weighted by Crippen LogP contribution is -2.27. The van der Waals surface area contributed by atoms with Crippen molar-refractivity contribution in [3.05, 3.63) is 34.4 Å². The molecule has 1 aromatic rings. The van der Waals surface area contributed by atoms with Crippen molar-refractivity contribution >= 4 is 11.6 Å². The number of rotatable bonds is 5. The van der Waals surface area contributed by atoms with E-state index < -0.39 is 11.6 Å². The molecule has 17 heavy (non-hydrogen) atoms. The van der Waals surface area contributed by atoms with Crippen molar-refractivity contribution in [2.24, 2.45) is 5.92 Å². The van der Waals surface area contributed by atoms with Crippen molar-refractivity contribution in [1.29, 1.82) is 0 Å². The van der Waals surface area contributed by atoms with E-state index in [-0.39, 0.29) is 17.0 Å². The van der Waals surface area contributed by atoms with Gasteiger partial charge in [0.05, 0.1) is 5.02 Å². The first-order chi connectivity index (χ1) is 8.01. The number of nitrogens with one attached hydrogen (secondary N) is 1. The highest BCUT2D eigenvalue weighted by Gasteiger charge is 2.21. The summed E-state index contributed by atoms with van der Waals surface area (Å²) in [5.74, 6) is -0.804. The van der Waals surface area contributed by atoms with Crippen molar-refractivity contribution in [3.63, 3.8) is 0 Å². The van der Waals surface area contributed by atoms with E-state index in [0.29, 0.717) is 12.1 Å². The molecule has 96 valence electrons. The van der Waals surface area contributed by atoms with Gasteiger partial charge in [-0.05, 0) is 24.6 Å². The molecule has 0 bridgehead atoms. The third kappa shape index (κ3) is 3.39. The molecule has 1 aromatic carbocycles. The van der Waals surface area contributed by atoms with E-state index in [1.165, 1.54) is 6.07 Å². The summed E-state index contributed by atoms with van der Waals surface area (Å²) in [4.78, 5) is 0. The van der Waals surface area contributed by atoms with Gasteiger partial charge in [0.1, 0.15) is 11.6 Å². The van der Waals surface area contributed by atoms with E-state index >= 15 is 0 Å². The van der Waals surface area contributed by atoms with Crippen LogP contribution in [0.4, 0.5) is 8.78 Å². The lowest BCUT2D eigenvalue weighted by molar-refractivity contribution is 0.370. The fourth-order valence-corrected chi connectivity index (χ4v) is 2.00. The first-order valence-electron chi connectivity index (χ1n) is 5.89. The van der Waals surface area contributed by atoms with Gasteiger partial charge in [-0.3, -0.25) is 0 Å². The van der Waals surface area contributed by atoms with Gasteiger partial charge in [0.25, 0.3) is 0 Å². The molecule has 1 N–H and O–H groups in total. The van der Waals surface area contributed by atoms with Crippen LogP contribution in [0.5, 0.6) is 0 Å². The number of halogens is 3. The highest BCUT2D eigenvalue weighted by atomic mass is 35.5. The van der Waals surface area contributed by atoms with Gasteiger partial charge >= 0.3 is 0 Å². The summed E-state index contributed by atoms with van der Waals surface area (Å²) in [7, 11) is 0. The summed E-state index contributed by atoms with van der Waals surface area (Å²) in [6, 6.07) is 2.05. The van der Waals surface area contributed by atoms with Crippen molar-refractivity contribution in [2.75, 3.05) is 6.54 Å². The standard InChI is InChI=1S/C13H18ClF2N/c1-4-8(3)13(17-5-2)9-6-12(16)10(14)7-11(9)15/h6-8,13,17H,4-5H2,1-3H3. The second-order valence-electron chi connectivity index (χ2n) is 4.21. The van der Waals surface area contributed by atoms with Gasteiger partial charge in [0.2, 0.25) is 0 Å². The van der Waals surface area contributed by atoms with Crippen LogP contribution >= 0.6 is 11.6 Å². The van der Waals surface area contributed by atoms with Gasteiger partial charge in [0, 0.05) is 11.6 Å². The fourth-order valence-electron chi connectivity index (χ4n) is 1.85. The molecule has 0 saturated carbocycles. The number of hydrogen-bond donors (Lipinski definition) is 1. The highest BCUT2D eigenvalue weighted by Crippen LogP contribution is 2.29. The van der Waals surface area contributed by atoms with Crippen LogP contribution in [0.2, 0.25) is 5.02 Å². The molecular formula is C13H18ClF2N. The molecular weight excluding hydrogens is 244 g/mol. The zero-order valence-electron chi connectivity index (χ0n) is 10.4. The van der Waals surface area contributed by atoms with E-state index in [1.807, 2.05) is 20.8 Å². The summed E-state index contributed by atoms with van der Waals surface area (Å²) in [6.45, 7) is 6.69. The normalized spacial score (nSPS) is 14.7. The van der Waals surface area contributed by atoms with Crippen LogP contribution in [-0.4, -0.2) is 6.54 Å². The third-order valence-corrected chi connectivity index (χ3v) is 3.30. The summed E-state index contributed by atoms with van der Waals surface area (Å²) in [5.41, 5.74) is 0.350. The molecule has 2 atom stereocenters. The Morgan fingerprint density at radius 3 is 2.41 bits per heavy atom. The van der Waals surface area contributed by atoms with E-state index in [1.54, 1.807) is 0 Å². The first-order valence-corrected chi connectivity index (χ1v) is 6.26. The minimum absolute atomic E-state index is 0.175. The Balaban J connectivity index is 3.13. The molecule has 0 heterocycles. The molecule has 2 unspecified atom stereocenters. The van der Waals surface area contributed by atoms with E-state index in [4.69, 9.17) is 11.6 Å². The molecule has 0 aliphatic carbocycles. The topological polar surface area (TPSA) is 12.0 Å². The van der Waals surface area contributed by atoms with Crippen molar-refractivity contribution in [2.45, 2.75) is 33.2 Å². The molecule has 4 heteroatoms. The minimum Gasteiger partial charge on any atom is -0.310 e. The molecule has 0 aliphatic heterocycles. The molecule has 1 nitrogen and oxygen atoms in total. The Kier molecular flexibility index (Phi) is 5.34. The van der Waals surface area contributed by atoms with Gasteiger partial charge in [-0.15, -0.1) is 0 Å². The van der Waals surface area contributed by atoms with Gasteiger partial charge in [-0.25, -0.2) is 8.78 Å². The molecule has 0 aromatic heterocycles. The van der Waals surface area contributed by atoms with Gasteiger partial charge in [-0.1, -0.05) is 38.8 Å². The lowest BCUT2D eigenvalue weighted by atomic mass is 9.92. The summed E-state index contributed by atoms with van der Waals surface area (Å²) in [6.07, 6.45) is 0.890. The quantitative estimate of drug-likeness (QED) is 0.779.